The van der Waals surface area contributed by atoms with Crippen LogP contribution in [0.15, 0.2) is 158 Å². The first kappa shape index (κ1) is 25.9. The van der Waals surface area contributed by atoms with Gasteiger partial charge in [0.25, 0.3) is 0 Å². The van der Waals surface area contributed by atoms with Crippen LogP contribution in [0.4, 0.5) is 0 Å². The van der Waals surface area contributed by atoms with E-state index in [2.05, 4.69) is 107 Å². The zero-order valence-electron chi connectivity index (χ0n) is 20.2. The molecule has 0 saturated heterocycles. The average Bonchev–Trinajstić information content (AvgIpc) is 2.99. The standard InChI is InChI=1S/2C17H13N.Ir/c2*1-2-8-14(9-3-1)15-10-4-5-11-16(15)17-12-6-7-13-18-17;/h2*1-13H;/q;;+3. The van der Waals surface area contributed by atoms with Crippen molar-refractivity contribution in [3.8, 4) is 44.8 Å². The molecule has 0 spiro atoms. The fourth-order valence-corrected chi connectivity index (χ4v) is 4.20. The van der Waals surface area contributed by atoms with Crippen LogP contribution in [-0.2, 0) is 20.1 Å². The van der Waals surface area contributed by atoms with Gasteiger partial charge in [0.15, 0.2) is 0 Å². The smallest absolute Gasteiger partial charge is 0.256 e. The van der Waals surface area contributed by atoms with E-state index in [1.807, 2.05) is 60.9 Å². The van der Waals surface area contributed by atoms with Crippen LogP contribution in [0.3, 0.4) is 0 Å². The van der Waals surface area contributed by atoms with Gasteiger partial charge in [-0.15, -0.1) is 0 Å². The van der Waals surface area contributed by atoms with Crippen molar-refractivity contribution < 1.29 is 20.1 Å². The molecule has 2 aromatic heterocycles. The SMILES string of the molecule is [Ir+3].c1ccc(-c2ccccc2-c2ccccn2)cc1.c1ccc(-c2ccccc2-c2ccccn2)cc1. The summed E-state index contributed by atoms with van der Waals surface area (Å²) in [4.78, 5) is 8.87. The fourth-order valence-electron chi connectivity index (χ4n) is 4.20. The van der Waals surface area contributed by atoms with E-state index in [0.717, 1.165) is 11.4 Å². The maximum Gasteiger partial charge on any atom is 3.00 e. The normalized spacial score (nSPS) is 9.95. The summed E-state index contributed by atoms with van der Waals surface area (Å²) >= 11 is 0. The first-order chi connectivity index (χ1) is 17.9. The molecule has 6 rings (SSSR count). The third-order valence-corrected chi connectivity index (χ3v) is 5.91. The van der Waals surface area contributed by atoms with Crippen LogP contribution < -0.4 is 0 Å². The number of rotatable bonds is 4. The number of pyridine rings is 2. The van der Waals surface area contributed by atoms with Crippen molar-refractivity contribution in [3.63, 3.8) is 0 Å². The molecule has 0 bridgehead atoms. The van der Waals surface area contributed by atoms with Crippen molar-refractivity contribution in [2.75, 3.05) is 0 Å². The number of hydrogen-bond donors (Lipinski definition) is 0. The Morgan fingerprint density at radius 1 is 0.297 bits per heavy atom. The van der Waals surface area contributed by atoms with Crippen molar-refractivity contribution in [2.45, 2.75) is 0 Å². The van der Waals surface area contributed by atoms with E-state index in [1.165, 1.54) is 33.4 Å². The van der Waals surface area contributed by atoms with Gasteiger partial charge >= 0.3 is 20.1 Å². The summed E-state index contributed by atoms with van der Waals surface area (Å²) in [6, 6.07) is 49.6. The van der Waals surface area contributed by atoms with Crippen LogP contribution in [0.5, 0.6) is 0 Å². The third-order valence-electron chi connectivity index (χ3n) is 5.91. The Labute approximate surface area is 232 Å². The maximum atomic E-state index is 4.44. The van der Waals surface area contributed by atoms with Gasteiger partial charge in [-0.3, -0.25) is 9.97 Å². The molecule has 0 N–H and O–H groups in total. The second-order valence-corrected chi connectivity index (χ2v) is 8.25. The van der Waals surface area contributed by atoms with Crippen LogP contribution in [0.25, 0.3) is 44.8 Å². The molecular weight excluding hydrogens is 629 g/mol. The van der Waals surface area contributed by atoms with Crippen LogP contribution in [0.1, 0.15) is 0 Å². The molecule has 4 aromatic carbocycles. The van der Waals surface area contributed by atoms with Crippen molar-refractivity contribution in [3.05, 3.63) is 158 Å². The first-order valence-corrected chi connectivity index (χ1v) is 12.0. The van der Waals surface area contributed by atoms with Crippen molar-refractivity contribution in [1.82, 2.24) is 9.97 Å². The third kappa shape index (κ3) is 6.54. The summed E-state index contributed by atoms with van der Waals surface area (Å²) in [7, 11) is 0. The fraction of sp³-hybridized carbons (Fsp3) is 0. The Hall–Kier alpha value is -4.17. The molecule has 178 valence electrons. The van der Waals surface area contributed by atoms with E-state index >= 15 is 0 Å². The zero-order chi connectivity index (χ0) is 24.4. The average molecular weight is 655 g/mol. The Morgan fingerprint density at radius 2 is 0.622 bits per heavy atom. The second-order valence-electron chi connectivity index (χ2n) is 8.25. The summed E-state index contributed by atoms with van der Waals surface area (Å²) in [6.45, 7) is 0. The van der Waals surface area contributed by atoms with Crippen molar-refractivity contribution >= 4 is 0 Å². The number of nitrogens with zero attached hydrogens (tertiary/aromatic N) is 2. The van der Waals surface area contributed by atoms with Gasteiger partial charge in [0.05, 0.1) is 11.4 Å². The number of benzene rings is 4. The molecule has 0 atom stereocenters. The molecule has 0 amide bonds. The molecule has 0 fully saturated rings. The summed E-state index contributed by atoms with van der Waals surface area (Å²) < 4.78 is 0. The molecule has 0 aliphatic carbocycles. The molecule has 6 aromatic rings. The van der Waals surface area contributed by atoms with E-state index in [-0.39, 0.29) is 20.1 Å². The minimum Gasteiger partial charge on any atom is -0.256 e. The van der Waals surface area contributed by atoms with E-state index in [4.69, 9.17) is 0 Å². The van der Waals surface area contributed by atoms with Crippen LogP contribution in [-0.4, -0.2) is 9.97 Å². The Bertz CT molecular complexity index is 1270. The maximum absolute atomic E-state index is 4.44. The minimum absolute atomic E-state index is 0. The molecule has 2 nitrogen and oxygen atoms in total. The van der Waals surface area contributed by atoms with Crippen LogP contribution in [0, 0.1) is 0 Å². The monoisotopic (exact) mass is 655 g/mol. The molecule has 0 radical (unpaired) electrons. The van der Waals surface area contributed by atoms with Gasteiger partial charge in [0.2, 0.25) is 0 Å². The van der Waals surface area contributed by atoms with Crippen molar-refractivity contribution in [1.29, 1.82) is 0 Å². The van der Waals surface area contributed by atoms with E-state index in [1.54, 1.807) is 0 Å². The van der Waals surface area contributed by atoms with Gasteiger partial charge in [-0.05, 0) is 46.5 Å². The Morgan fingerprint density at radius 3 is 0.973 bits per heavy atom. The first-order valence-electron chi connectivity index (χ1n) is 12.0. The molecule has 37 heavy (non-hydrogen) atoms. The van der Waals surface area contributed by atoms with Gasteiger partial charge in [0, 0.05) is 23.5 Å². The minimum atomic E-state index is 0. The quantitative estimate of drug-likeness (QED) is 0.190. The molecule has 0 saturated carbocycles. The molecule has 0 unspecified atom stereocenters. The second kappa shape index (κ2) is 13.2. The molecular formula is C34H26IrN2+3. The number of aromatic nitrogens is 2. The van der Waals surface area contributed by atoms with Crippen LogP contribution >= 0.6 is 0 Å². The summed E-state index contributed by atoms with van der Waals surface area (Å²) in [5, 5.41) is 0. The molecule has 0 aliphatic heterocycles. The zero-order valence-corrected chi connectivity index (χ0v) is 22.6. The van der Waals surface area contributed by atoms with E-state index in [0.29, 0.717) is 0 Å². The Kier molecular flexibility index (Phi) is 9.26. The van der Waals surface area contributed by atoms with Gasteiger partial charge < -0.3 is 0 Å². The van der Waals surface area contributed by atoms with Gasteiger partial charge in [0.1, 0.15) is 0 Å². The number of hydrogen-bond acceptors (Lipinski definition) is 2. The summed E-state index contributed by atoms with van der Waals surface area (Å²) in [6.07, 6.45) is 3.66. The summed E-state index contributed by atoms with van der Waals surface area (Å²) in [5.74, 6) is 0. The summed E-state index contributed by atoms with van der Waals surface area (Å²) in [5.41, 5.74) is 9.24. The predicted octanol–water partition coefficient (Wildman–Crippen LogP) is 8.83. The Balaban J connectivity index is 0.000000168. The predicted molar refractivity (Wildman–Crippen MR) is 150 cm³/mol. The topological polar surface area (TPSA) is 25.8 Å². The van der Waals surface area contributed by atoms with E-state index < -0.39 is 0 Å². The van der Waals surface area contributed by atoms with E-state index in [9.17, 15) is 0 Å². The van der Waals surface area contributed by atoms with Gasteiger partial charge in [-0.25, -0.2) is 0 Å². The largest absolute Gasteiger partial charge is 3.00 e. The molecule has 2 heterocycles. The van der Waals surface area contributed by atoms with Gasteiger partial charge in [-0.2, -0.15) is 0 Å². The molecule has 0 aliphatic rings. The molecule has 3 heteroatoms. The van der Waals surface area contributed by atoms with Crippen LogP contribution in [0.2, 0.25) is 0 Å². The van der Waals surface area contributed by atoms with Gasteiger partial charge in [-0.1, -0.05) is 121 Å². The van der Waals surface area contributed by atoms with Crippen molar-refractivity contribution in [2.24, 2.45) is 0 Å².